The molecule has 0 heterocycles. The molecule has 3 rings (SSSR count). The number of methoxy groups -OCH3 is 1. The van der Waals surface area contributed by atoms with Crippen molar-refractivity contribution in [1.82, 2.24) is 0 Å². The Morgan fingerprint density at radius 2 is 2.08 bits per heavy atom. The number of hydrogen-bond donors (Lipinski definition) is 2. The van der Waals surface area contributed by atoms with Crippen molar-refractivity contribution in [3.05, 3.63) is 64.7 Å². The molecule has 1 aliphatic rings. The largest absolute Gasteiger partial charge is 0.380 e. The third-order valence-electron chi connectivity index (χ3n) is 3.92. The van der Waals surface area contributed by atoms with Gasteiger partial charge in [0.25, 0.3) is 0 Å². The van der Waals surface area contributed by atoms with Crippen LogP contribution in [-0.4, -0.2) is 19.1 Å². The summed E-state index contributed by atoms with van der Waals surface area (Å²) in [6, 6.07) is 16.1. The maximum atomic E-state index is 6.05. The summed E-state index contributed by atoms with van der Waals surface area (Å²) in [6.45, 7) is 0.533. The van der Waals surface area contributed by atoms with Gasteiger partial charge >= 0.3 is 0 Å². The molecule has 0 bridgehead atoms. The van der Waals surface area contributed by atoms with E-state index in [1.807, 2.05) is 42.5 Å². The lowest BCUT2D eigenvalue weighted by Gasteiger charge is -2.10. The van der Waals surface area contributed by atoms with Crippen LogP contribution < -0.4 is 11.1 Å². The standard InChI is InChI=1S/C18H20ClN3O.HI/c1-23-11-13-5-2-3-8-16(13)21-18(20)22-17-10-15(17)12-6-4-7-14(19)9-12;/h2-9,15,17H,10-11H2,1H3,(H3,20,21,22);1H/t15-,17+;/m0./s1. The Labute approximate surface area is 164 Å². The lowest BCUT2D eigenvalue weighted by Crippen LogP contribution is -2.24. The van der Waals surface area contributed by atoms with Gasteiger partial charge in [0, 0.05) is 29.3 Å². The van der Waals surface area contributed by atoms with E-state index >= 15 is 0 Å². The van der Waals surface area contributed by atoms with Crippen LogP contribution in [0.15, 0.2) is 53.5 Å². The van der Waals surface area contributed by atoms with Gasteiger partial charge in [0.15, 0.2) is 5.96 Å². The van der Waals surface area contributed by atoms with E-state index in [0.29, 0.717) is 18.5 Å². The summed E-state index contributed by atoms with van der Waals surface area (Å²) in [5, 5.41) is 3.93. The quantitative estimate of drug-likeness (QED) is 0.398. The van der Waals surface area contributed by atoms with Gasteiger partial charge in [0.2, 0.25) is 0 Å². The molecular weight excluding hydrogens is 437 g/mol. The molecule has 0 amide bonds. The first-order valence-corrected chi connectivity index (χ1v) is 7.98. The molecule has 1 saturated carbocycles. The number of nitrogens with two attached hydrogens (primary N) is 1. The van der Waals surface area contributed by atoms with E-state index in [4.69, 9.17) is 22.1 Å². The number of halogens is 2. The number of hydrogen-bond acceptors (Lipinski definition) is 2. The highest BCUT2D eigenvalue weighted by molar-refractivity contribution is 14.0. The molecule has 3 N–H and O–H groups in total. The Morgan fingerprint density at radius 1 is 1.29 bits per heavy atom. The van der Waals surface area contributed by atoms with E-state index in [1.165, 1.54) is 5.56 Å². The maximum absolute atomic E-state index is 6.05. The van der Waals surface area contributed by atoms with Crippen LogP contribution >= 0.6 is 35.6 Å². The zero-order valence-electron chi connectivity index (χ0n) is 13.4. The molecule has 0 radical (unpaired) electrons. The normalized spacial score (nSPS) is 19.5. The fourth-order valence-electron chi connectivity index (χ4n) is 2.69. The van der Waals surface area contributed by atoms with Gasteiger partial charge in [0.05, 0.1) is 12.6 Å². The van der Waals surface area contributed by atoms with E-state index in [0.717, 1.165) is 22.7 Å². The van der Waals surface area contributed by atoms with Gasteiger partial charge in [-0.15, -0.1) is 24.0 Å². The number of aliphatic imine (C=N–C) groups is 1. The molecule has 0 unspecified atom stereocenters. The molecule has 2 aromatic rings. The number of para-hydroxylation sites is 1. The van der Waals surface area contributed by atoms with Crippen LogP contribution in [-0.2, 0) is 11.3 Å². The first-order valence-electron chi connectivity index (χ1n) is 7.60. The minimum atomic E-state index is 0. The second-order valence-corrected chi connectivity index (χ2v) is 6.13. The van der Waals surface area contributed by atoms with Crippen LogP contribution in [0.3, 0.4) is 0 Å². The SMILES string of the molecule is COCc1ccccc1NC(N)=N[C@@H]1C[C@H]1c1cccc(Cl)c1.I. The summed E-state index contributed by atoms with van der Waals surface area (Å²) in [4.78, 5) is 4.57. The predicted octanol–water partition coefficient (Wildman–Crippen LogP) is 4.39. The summed E-state index contributed by atoms with van der Waals surface area (Å²) in [6.07, 6.45) is 1.00. The molecule has 0 saturated heterocycles. The van der Waals surface area contributed by atoms with Crippen LogP contribution in [0, 0.1) is 0 Å². The average Bonchev–Trinajstić information content (AvgIpc) is 3.28. The van der Waals surface area contributed by atoms with Gasteiger partial charge in [-0.25, -0.2) is 4.99 Å². The van der Waals surface area contributed by atoms with Crippen LogP contribution in [0.5, 0.6) is 0 Å². The van der Waals surface area contributed by atoms with Gasteiger partial charge < -0.3 is 15.8 Å². The van der Waals surface area contributed by atoms with Gasteiger partial charge in [-0.1, -0.05) is 41.9 Å². The number of anilines is 1. The number of ether oxygens (including phenoxy) is 1. The van der Waals surface area contributed by atoms with Gasteiger partial charge in [-0.2, -0.15) is 0 Å². The average molecular weight is 458 g/mol. The van der Waals surface area contributed by atoms with Crippen molar-refractivity contribution in [2.75, 3.05) is 12.4 Å². The second-order valence-electron chi connectivity index (χ2n) is 5.69. The monoisotopic (exact) mass is 457 g/mol. The second kappa shape index (κ2) is 8.69. The Hall–Kier alpha value is -1.31. The predicted molar refractivity (Wildman–Crippen MR) is 110 cm³/mol. The van der Waals surface area contributed by atoms with Crippen molar-refractivity contribution in [3.8, 4) is 0 Å². The molecule has 6 heteroatoms. The van der Waals surface area contributed by atoms with E-state index < -0.39 is 0 Å². The number of nitrogens with one attached hydrogen (secondary N) is 1. The number of nitrogens with zero attached hydrogens (tertiary/aromatic N) is 1. The molecule has 0 aromatic heterocycles. The molecule has 0 aliphatic heterocycles. The molecule has 128 valence electrons. The Kier molecular flexibility index (Phi) is 6.89. The lowest BCUT2D eigenvalue weighted by molar-refractivity contribution is 0.185. The molecular formula is C18H21ClIN3O. The molecule has 2 atom stereocenters. The van der Waals surface area contributed by atoms with Crippen molar-refractivity contribution in [1.29, 1.82) is 0 Å². The summed E-state index contributed by atoms with van der Waals surface area (Å²) in [7, 11) is 1.67. The molecule has 1 fully saturated rings. The maximum Gasteiger partial charge on any atom is 0.193 e. The molecule has 2 aromatic carbocycles. The third kappa shape index (κ3) is 4.84. The van der Waals surface area contributed by atoms with Crippen molar-refractivity contribution < 1.29 is 4.74 Å². The zero-order chi connectivity index (χ0) is 16.2. The van der Waals surface area contributed by atoms with E-state index in [9.17, 15) is 0 Å². The van der Waals surface area contributed by atoms with Crippen molar-refractivity contribution in [2.24, 2.45) is 10.7 Å². The third-order valence-corrected chi connectivity index (χ3v) is 4.15. The molecule has 0 spiro atoms. The smallest absolute Gasteiger partial charge is 0.193 e. The van der Waals surface area contributed by atoms with Crippen LogP contribution in [0.25, 0.3) is 0 Å². The molecule has 1 aliphatic carbocycles. The highest BCUT2D eigenvalue weighted by atomic mass is 127. The first-order chi connectivity index (χ1) is 11.2. The van der Waals surface area contributed by atoms with Crippen LogP contribution in [0.4, 0.5) is 5.69 Å². The topological polar surface area (TPSA) is 59.6 Å². The van der Waals surface area contributed by atoms with Gasteiger partial charge in [-0.05, 0) is 30.2 Å². The summed E-state index contributed by atoms with van der Waals surface area (Å²) < 4.78 is 5.20. The summed E-state index contributed by atoms with van der Waals surface area (Å²) in [5.41, 5.74) is 9.25. The van der Waals surface area contributed by atoms with E-state index in [1.54, 1.807) is 7.11 Å². The van der Waals surface area contributed by atoms with Crippen molar-refractivity contribution >= 4 is 47.2 Å². The fraction of sp³-hybridized carbons (Fsp3) is 0.278. The zero-order valence-corrected chi connectivity index (χ0v) is 16.5. The lowest BCUT2D eigenvalue weighted by atomic mass is 10.1. The summed E-state index contributed by atoms with van der Waals surface area (Å²) >= 11 is 6.04. The number of guanidine groups is 1. The molecule has 4 nitrogen and oxygen atoms in total. The van der Waals surface area contributed by atoms with Crippen LogP contribution in [0.1, 0.15) is 23.5 Å². The van der Waals surface area contributed by atoms with E-state index in [-0.39, 0.29) is 30.0 Å². The highest BCUT2D eigenvalue weighted by Crippen LogP contribution is 2.44. The highest BCUT2D eigenvalue weighted by Gasteiger charge is 2.38. The minimum Gasteiger partial charge on any atom is -0.380 e. The van der Waals surface area contributed by atoms with Gasteiger partial charge in [0.1, 0.15) is 0 Å². The Morgan fingerprint density at radius 3 is 2.83 bits per heavy atom. The van der Waals surface area contributed by atoms with Crippen molar-refractivity contribution in [3.63, 3.8) is 0 Å². The van der Waals surface area contributed by atoms with E-state index in [2.05, 4.69) is 16.4 Å². The van der Waals surface area contributed by atoms with Crippen molar-refractivity contribution in [2.45, 2.75) is 25.0 Å². The fourth-order valence-corrected chi connectivity index (χ4v) is 2.89. The summed E-state index contributed by atoms with van der Waals surface area (Å²) in [5.74, 6) is 0.839. The first kappa shape index (κ1) is 19.0. The number of benzene rings is 2. The number of rotatable bonds is 5. The minimum absolute atomic E-state index is 0. The van der Waals surface area contributed by atoms with Crippen LogP contribution in [0.2, 0.25) is 5.02 Å². The molecule has 24 heavy (non-hydrogen) atoms. The van der Waals surface area contributed by atoms with Gasteiger partial charge in [-0.3, -0.25) is 0 Å². The Balaban J connectivity index is 0.00000208. The Bertz CT molecular complexity index is 723.